The lowest BCUT2D eigenvalue weighted by Crippen LogP contribution is -2.49. The molecule has 3 rings (SSSR count). The van der Waals surface area contributed by atoms with Gasteiger partial charge in [0, 0.05) is 32.2 Å². The zero-order chi connectivity index (χ0) is 16.2. The standard InChI is InChI=1S/C15H21N5O3/c1-2-23-15(22)20-9-7-19(8-10-20)13-6-5-12(17-18-13)14(21)16-11-3-4-11/h5-6,11H,2-4,7-10H2,1H3,(H,16,21). The molecule has 8 nitrogen and oxygen atoms in total. The van der Waals surface area contributed by atoms with Crippen LogP contribution in [0.2, 0.25) is 0 Å². The van der Waals surface area contributed by atoms with Crippen molar-refractivity contribution in [1.82, 2.24) is 20.4 Å². The number of nitrogens with one attached hydrogen (secondary N) is 1. The minimum Gasteiger partial charge on any atom is -0.450 e. The Morgan fingerprint density at radius 1 is 1.22 bits per heavy atom. The van der Waals surface area contributed by atoms with Gasteiger partial charge in [-0.2, -0.15) is 0 Å². The van der Waals surface area contributed by atoms with Gasteiger partial charge in [0.05, 0.1) is 6.61 Å². The molecule has 2 heterocycles. The predicted octanol–water partition coefficient (Wildman–Crippen LogP) is 0.647. The zero-order valence-electron chi connectivity index (χ0n) is 13.2. The van der Waals surface area contributed by atoms with Crippen LogP contribution < -0.4 is 10.2 Å². The lowest BCUT2D eigenvalue weighted by atomic mass is 10.3. The summed E-state index contributed by atoms with van der Waals surface area (Å²) in [6.45, 7) is 4.69. The summed E-state index contributed by atoms with van der Waals surface area (Å²) < 4.78 is 5.00. The first-order valence-corrected chi connectivity index (χ1v) is 7.98. The summed E-state index contributed by atoms with van der Waals surface area (Å²) in [6, 6.07) is 3.80. The fourth-order valence-electron chi connectivity index (χ4n) is 2.43. The third-order valence-electron chi connectivity index (χ3n) is 3.93. The van der Waals surface area contributed by atoms with E-state index >= 15 is 0 Å². The third kappa shape index (κ3) is 3.88. The van der Waals surface area contributed by atoms with E-state index in [4.69, 9.17) is 4.74 Å². The van der Waals surface area contributed by atoms with Gasteiger partial charge in [-0.3, -0.25) is 4.79 Å². The van der Waals surface area contributed by atoms with Gasteiger partial charge in [-0.05, 0) is 31.9 Å². The first-order valence-electron chi connectivity index (χ1n) is 7.98. The number of hydrogen-bond donors (Lipinski definition) is 1. The Balaban J connectivity index is 1.54. The molecule has 8 heteroatoms. The predicted molar refractivity (Wildman–Crippen MR) is 83.3 cm³/mol. The second-order valence-electron chi connectivity index (χ2n) is 5.70. The molecular weight excluding hydrogens is 298 g/mol. The van der Waals surface area contributed by atoms with Crippen LogP contribution in [-0.2, 0) is 4.74 Å². The summed E-state index contributed by atoms with van der Waals surface area (Å²) in [5.41, 5.74) is 0.339. The number of rotatable bonds is 4. The molecule has 1 aromatic rings. The highest BCUT2D eigenvalue weighted by molar-refractivity contribution is 5.92. The van der Waals surface area contributed by atoms with Gasteiger partial charge in [0.2, 0.25) is 0 Å². The molecule has 0 unspecified atom stereocenters. The summed E-state index contributed by atoms with van der Waals surface area (Å²) in [5, 5.41) is 11.0. The van der Waals surface area contributed by atoms with E-state index in [9.17, 15) is 9.59 Å². The number of hydrogen-bond acceptors (Lipinski definition) is 6. The normalized spacial score (nSPS) is 17.8. The lowest BCUT2D eigenvalue weighted by Gasteiger charge is -2.34. The maximum absolute atomic E-state index is 11.9. The van der Waals surface area contributed by atoms with Gasteiger partial charge < -0.3 is 19.9 Å². The average Bonchev–Trinajstić information content (AvgIpc) is 3.39. The maximum atomic E-state index is 11.9. The van der Waals surface area contributed by atoms with Crippen LogP contribution in [0, 0.1) is 0 Å². The SMILES string of the molecule is CCOC(=O)N1CCN(c2ccc(C(=O)NC3CC3)nn2)CC1. The molecule has 1 aliphatic heterocycles. The van der Waals surface area contributed by atoms with E-state index in [1.807, 2.05) is 4.90 Å². The van der Waals surface area contributed by atoms with Gasteiger partial charge in [0.1, 0.15) is 0 Å². The monoisotopic (exact) mass is 319 g/mol. The maximum Gasteiger partial charge on any atom is 0.409 e. The van der Waals surface area contributed by atoms with Crippen LogP contribution in [0.1, 0.15) is 30.3 Å². The topological polar surface area (TPSA) is 87.7 Å². The van der Waals surface area contributed by atoms with Gasteiger partial charge in [-0.25, -0.2) is 4.79 Å². The van der Waals surface area contributed by atoms with E-state index in [0.29, 0.717) is 44.5 Å². The molecule has 2 fully saturated rings. The number of nitrogens with zero attached hydrogens (tertiary/aromatic N) is 4. The number of anilines is 1. The molecule has 0 radical (unpaired) electrons. The number of carbonyl (C=O) groups excluding carboxylic acids is 2. The Morgan fingerprint density at radius 3 is 2.52 bits per heavy atom. The lowest BCUT2D eigenvalue weighted by molar-refractivity contribution is 0.0944. The minimum atomic E-state index is -0.273. The second kappa shape index (κ2) is 6.80. The van der Waals surface area contributed by atoms with E-state index in [-0.39, 0.29) is 12.0 Å². The van der Waals surface area contributed by atoms with E-state index < -0.39 is 0 Å². The molecule has 1 saturated carbocycles. The Hall–Kier alpha value is -2.38. The zero-order valence-corrected chi connectivity index (χ0v) is 13.2. The Morgan fingerprint density at radius 2 is 1.96 bits per heavy atom. The van der Waals surface area contributed by atoms with Crippen LogP contribution in [0.15, 0.2) is 12.1 Å². The smallest absolute Gasteiger partial charge is 0.409 e. The van der Waals surface area contributed by atoms with Crippen molar-refractivity contribution in [1.29, 1.82) is 0 Å². The summed E-state index contributed by atoms with van der Waals surface area (Å²) in [4.78, 5) is 27.3. The number of aromatic nitrogens is 2. The van der Waals surface area contributed by atoms with Crippen LogP contribution in [0.25, 0.3) is 0 Å². The van der Waals surface area contributed by atoms with Crippen molar-refractivity contribution in [2.45, 2.75) is 25.8 Å². The fourth-order valence-corrected chi connectivity index (χ4v) is 2.43. The Bertz CT molecular complexity index is 565. The van der Waals surface area contributed by atoms with Crippen molar-refractivity contribution in [3.8, 4) is 0 Å². The van der Waals surface area contributed by atoms with E-state index in [2.05, 4.69) is 15.5 Å². The number of carbonyl (C=O) groups is 2. The van der Waals surface area contributed by atoms with Gasteiger partial charge in [-0.15, -0.1) is 10.2 Å². The van der Waals surface area contributed by atoms with Crippen LogP contribution in [0.4, 0.5) is 10.6 Å². The molecule has 2 aliphatic rings. The molecule has 1 aliphatic carbocycles. The molecular formula is C15H21N5O3. The van der Waals surface area contributed by atoms with Crippen molar-refractivity contribution in [2.75, 3.05) is 37.7 Å². The van der Waals surface area contributed by atoms with Crippen LogP contribution in [0.5, 0.6) is 0 Å². The Labute approximate surface area is 134 Å². The molecule has 23 heavy (non-hydrogen) atoms. The summed E-state index contributed by atoms with van der Waals surface area (Å²) >= 11 is 0. The molecule has 0 spiro atoms. The fraction of sp³-hybridized carbons (Fsp3) is 0.600. The number of amides is 2. The van der Waals surface area contributed by atoms with Gasteiger partial charge in [0.15, 0.2) is 11.5 Å². The van der Waals surface area contributed by atoms with Crippen molar-refractivity contribution in [3.63, 3.8) is 0 Å². The van der Waals surface area contributed by atoms with Crippen LogP contribution >= 0.6 is 0 Å². The number of piperazine rings is 1. The molecule has 1 N–H and O–H groups in total. The molecule has 0 atom stereocenters. The van der Waals surface area contributed by atoms with Crippen molar-refractivity contribution in [2.24, 2.45) is 0 Å². The van der Waals surface area contributed by atoms with Crippen molar-refractivity contribution in [3.05, 3.63) is 17.8 Å². The minimum absolute atomic E-state index is 0.168. The van der Waals surface area contributed by atoms with Crippen molar-refractivity contribution < 1.29 is 14.3 Å². The quantitative estimate of drug-likeness (QED) is 0.876. The Kier molecular flexibility index (Phi) is 4.59. The highest BCUT2D eigenvalue weighted by atomic mass is 16.6. The highest BCUT2D eigenvalue weighted by Gasteiger charge is 2.25. The van der Waals surface area contributed by atoms with E-state index in [0.717, 1.165) is 18.7 Å². The van der Waals surface area contributed by atoms with Crippen molar-refractivity contribution >= 4 is 17.8 Å². The van der Waals surface area contributed by atoms with Crippen LogP contribution in [0.3, 0.4) is 0 Å². The third-order valence-corrected chi connectivity index (χ3v) is 3.93. The average molecular weight is 319 g/mol. The molecule has 124 valence electrons. The summed E-state index contributed by atoms with van der Waals surface area (Å²) in [6.07, 6.45) is 1.81. The van der Waals surface area contributed by atoms with Crippen LogP contribution in [-0.4, -0.2) is 65.9 Å². The second-order valence-corrected chi connectivity index (χ2v) is 5.70. The first kappa shape index (κ1) is 15.5. The number of ether oxygens (including phenoxy) is 1. The first-order chi connectivity index (χ1) is 11.2. The highest BCUT2D eigenvalue weighted by Crippen LogP contribution is 2.19. The largest absolute Gasteiger partial charge is 0.450 e. The molecule has 2 amide bonds. The van der Waals surface area contributed by atoms with Gasteiger partial charge in [0.25, 0.3) is 5.91 Å². The molecule has 0 aromatic carbocycles. The van der Waals surface area contributed by atoms with E-state index in [1.54, 1.807) is 24.0 Å². The van der Waals surface area contributed by atoms with Gasteiger partial charge >= 0.3 is 6.09 Å². The van der Waals surface area contributed by atoms with Gasteiger partial charge in [-0.1, -0.05) is 0 Å². The molecule has 1 aromatic heterocycles. The molecule has 0 bridgehead atoms. The van der Waals surface area contributed by atoms with E-state index in [1.165, 1.54) is 0 Å². The summed E-state index contributed by atoms with van der Waals surface area (Å²) in [7, 11) is 0. The molecule has 1 saturated heterocycles. The summed E-state index contributed by atoms with van der Waals surface area (Å²) in [5.74, 6) is 0.551.